The molecule has 0 aromatic heterocycles. The molecule has 2 heterocycles. The van der Waals surface area contributed by atoms with Crippen molar-refractivity contribution in [2.45, 2.75) is 63.6 Å². The van der Waals surface area contributed by atoms with Gasteiger partial charge in [0.25, 0.3) is 0 Å². The quantitative estimate of drug-likeness (QED) is 0.843. The summed E-state index contributed by atoms with van der Waals surface area (Å²) in [6.07, 6.45) is 6.78. The molecule has 1 aromatic carbocycles. The fourth-order valence-corrected chi connectivity index (χ4v) is 4.89. The van der Waals surface area contributed by atoms with Gasteiger partial charge in [0.1, 0.15) is 0 Å². The minimum Gasteiger partial charge on any atom is -0.349 e. The number of carbonyl (C=O) groups is 1. The second kappa shape index (κ2) is 6.68. The molecule has 1 saturated carbocycles. The summed E-state index contributed by atoms with van der Waals surface area (Å²) in [4.78, 5) is 12.7. The Bertz CT molecular complexity index is 590. The van der Waals surface area contributed by atoms with Crippen LogP contribution in [0.15, 0.2) is 24.3 Å². The lowest BCUT2D eigenvalue weighted by Gasteiger charge is -2.29. The van der Waals surface area contributed by atoms with Crippen molar-refractivity contribution < 1.29 is 4.79 Å². The minimum atomic E-state index is 0.142. The van der Waals surface area contributed by atoms with Crippen LogP contribution in [0, 0.1) is 17.8 Å². The van der Waals surface area contributed by atoms with Crippen molar-refractivity contribution in [2.75, 3.05) is 0 Å². The lowest BCUT2D eigenvalue weighted by Crippen LogP contribution is -2.40. The number of amides is 1. The first kappa shape index (κ1) is 16.4. The first-order valence-electron chi connectivity index (χ1n) is 9.39. The molecule has 2 aliphatic heterocycles. The van der Waals surface area contributed by atoms with Gasteiger partial charge in [0.2, 0.25) is 5.91 Å². The van der Waals surface area contributed by atoms with Crippen molar-refractivity contribution in [3.63, 3.8) is 0 Å². The van der Waals surface area contributed by atoms with Crippen molar-refractivity contribution in [3.8, 4) is 0 Å². The molecule has 1 aromatic rings. The summed E-state index contributed by atoms with van der Waals surface area (Å²) >= 11 is 6.01. The Morgan fingerprint density at radius 2 is 1.83 bits per heavy atom. The zero-order valence-electron chi connectivity index (χ0n) is 14.3. The van der Waals surface area contributed by atoms with Crippen LogP contribution in [-0.4, -0.2) is 18.0 Å². The Kier molecular flexibility index (Phi) is 4.57. The predicted molar refractivity (Wildman–Crippen MR) is 96.9 cm³/mol. The summed E-state index contributed by atoms with van der Waals surface area (Å²) in [7, 11) is 0. The van der Waals surface area contributed by atoms with Crippen molar-refractivity contribution in [3.05, 3.63) is 34.9 Å². The van der Waals surface area contributed by atoms with Gasteiger partial charge in [0.05, 0.1) is 6.04 Å². The summed E-state index contributed by atoms with van der Waals surface area (Å²) < 4.78 is 0. The lowest BCUT2D eigenvalue weighted by atomic mass is 9.89. The Balaban J connectivity index is 1.39. The van der Waals surface area contributed by atoms with Gasteiger partial charge in [-0.2, -0.15) is 0 Å². The van der Waals surface area contributed by atoms with Gasteiger partial charge in [-0.05, 0) is 67.6 Å². The van der Waals surface area contributed by atoms with E-state index in [-0.39, 0.29) is 11.9 Å². The maximum absolute atomic E-state index is 12.7. The van der Waals surface area contributed by atoms with Gasteiger partial charge in [-0.15, -0.1) is 0 Å². The summed E-state index contributed by atoms with van der Waals surface area (Å²) in [6.45, 7) is 2.27. The number of nitrogens with one attached hydrogen (secondary N) is 2. The van der Waals surface area contributed by atoms with E-state index in [0.29, 0.717) is 36.3 Å². The van der Waals surface area contributed by atoms with Crippen molar-refractivity contribution in [1.82, 2.24) is 10.6 Å². The monoisotopic (exact) mass is 346 g/mol. The summed E-state index contributed by atoms with van der Waals surface area (Å²) in [5, 5.41) is 7.74. The number of halogens is 1. The van der Waals surface area contributed by atoms with Gasteiger partial charge >= 0.3 is 0 Å². The Morgan fingerprint density at radius 3 is 2.42 bits per heavy atom. The highest BCUT2D eigenvalue weighted by atomic mass is 35.5. The van der Waals surface area contributed by atoms with Crippen LogP contribution in [0.5, 0.6) is 0 Å². The number of hydrogen-bond acceptors (Lipinski definition) is 2. The van der Waals surface area contributed by atoms with Crippen LogP contribution in [0.2, 0.25) is 5.02 Å². The Hall–Kier alpha value is -1.06. The zero-order chi connectivity index (χ0) is 16.7. The molecule has 24 heavy (non-hydrogen) atoms. The molecule has 2 saturated heterocycles. The van der Waals surface area contributed by atoms with E-state index in [1.54, 1.807) is 0 Å². The van der Waals surface area contributed by atoms with Gasteiger partial charge in [0.15, 0.2) is 0 Å². The maximum Gasteiger partial charge on any atom is 0.220 e. The van der Waals surface area contributed by atoms with E-state index in [2.05, 4.69) is 29.7 Å². The Morgan fingerprint density at radius 1 is 1.21 bits per heavy atom. The molecule has 1 aliphatic carbocycles. The van der Waals surface area contributed by atoms with Crippen molar-refractivity contribution in [2.24, 2.45) is 17.8 Å². The molecule has 3 fully saturated rings. The van der Waals surface area contributed by atoms with Crippen LogP contribution in [0.4, 0.5) is 0 Å². The third-order valence-electron chi connectivity index (χ3n) is 6.19. The van der Waals surface area contributed by atoms with E-state index in [1.807, 2.05) is 12.1 Å². The predicted octanol–water partition coefficient (Wildman–Crippen LogP) is 4.07. The van der Waals surface area contributed by atoms with Gasteiger partial charge in [-0.3, -0.25) is 4.79 Å². The van der Waals surface area contributed by atoms with E-state index in [9.17, 15) is 4.79 Å². The van der Waals surface area contributed by atoms with Crippen LogP contribution in [0.1, 0.15) is 57.1 Å². The highest BCUT2D eigenvalue weighted by Gasteiger charge is 2.41. The van der Waals surface area contributed by atoms with Crippen molar-refractivity contribution >= 4 is 17.5 Å². The molecular weight excluding hydrogens is 320 g/mol. The summed E-state index contributed by atoms with van der Waals surface area (Å²) in [6, 6.07) is 9.41. The average molecular weight is 347 g/mol. The van der Waals surface area contributed by atoms with E-state index in [4.69, 9.17) is 11.6 Å². The number of piperidine rings is 1. The smallest absolute Gasteiger partial charge is 0.220 e. The maximum atomic E-state index is 12.7. The van der Waals surface area contributed by atoms with Crippen LogP contribution in [-0.2, 0) is 4.79 Å². The van der Waals surface area contributed by atoms with Gasteiger partial charge in [0, 0.05) is 23.5 Å². The molecule has 4 heteroatoms. The minimum absolute atomic E-state index is 0.142. The highest BCUT2D eigenvalue weighted by molar-refractivity contribution is 6.30. The lowest BCUT2D eigenvalue weighted by molar-refractivity contribution is -0.123. The first-order chi connectivity index (χ1) is 11.6. The van der Waals surface area contributed by atoms with E-state index < -0.39 is 0 Å². The third-order valence-corrected chi connectivity index (χ3v) is 6.44. The van der Waals surface area contributed by atoms with Crippen LogP contribution < -0.4 is 10.6 Å². The number of hydrogen-bond donors (Lipinski definition) is 2. The molecule has 2 bridgehead atoms. The van der Waals surface area contributed by atoms with Gasteiger partial charge in [-0.25, -0.2) is 0 Å². The molecule has 5 atom stereocenters. The molecule has 0 radical (unpaired) electrons. The SMILES string of the molecule is CC1CC1C(NC(=O)CC1CC2CCC(C1)N2)c1ccc(Cl)cc1. The van der Waals surface area contributed by atoms with E-state index >= 15 is 0 Å². The largest absolute Gasteiger partial charge is 0.349 e. The van der Waals surface area contributed by atoms with Crippen LogP contribution in [0.3, 0.4) is 0 Å². The van der Waals surface area contributed by atoms with Gasteiger partial charge < -0.3 is 10.6 Å². The molecule has 3 aliphatic rings. The van der Waals surface area contributed by atoms with Gasteiger partial charge in [-0.1, -0.05) is 30.7 Å². The van der Waals surface area contributed by atoms with E-state index in [0.717, 1.165) is 17.9 Å². The number of benzene rings is 1. The first-order valence-corrected chi connectivity index (χ1v) is 9.77. The molecule has 4 rings (SSSR count). The molecule has 0 spiro atoms. The van der Waals surface area contributed by atoms with Crippen LogP contribution in [0.25, 0.3) is 0 Å². The van der Waals surface area contributed by atoms with Crippen molar-refractivity contribution in [1.29, 1.82) is 0 Å². The number of rotatable bonds is 5. The fourth-order valence-electron chi connectivity index (χ4n) is 4.76. The molecular formula is C20H27ClN2O. The summed E-state index contributed by atoms with van der Waals surface area (Å²) in [5.74, 6) is 2.03. The standard InChI is InChI=1S/C20H27ClN2O/c1-12-8-18(12)20(14-2-4-15(21)5-3-14)23-19(24)11-13-9-16-6-7-17(10-13)22-16/h2-5,12-13,16-18,20,22H,6-11H2,1H3,(H,23,24). The molecule has 1 amide bonds. The third kappa shape index (κ3) is 3.62. The zero-order valence-corrected chi connectivity index (χ0v) is 15.1. The fraction of sp³-hybridized carbons (Fsp3) is 0.650. The van der Waals surface area contributed by atoms with E-state index in [1.165, 1.54) is 24.8 Å². The molecule has 130 valence electrons. The summed E-state index contributed by atoms with van der Waals surface area (Å²) in [5.41, 5.74) is 1.19. The average Bonchev–Trinajstić information content (AvgIpc) is 3.18. The second-order valence-corrected chi connectivity index (χ2v) is 8.59. The topological polar surface area (TPSA) is 41.1 Å². The number of fused-ring (bicyclic) bond motifs is 2. The normalized spacial score (nSPS) is 35.5. The second-order valence-electron chi connectivity index (χ2n) is 8.15. The number of carbonyl (C=O) groups excluding carboxylic acids is 1. The highest BCUT2D eigenvalue weighted by Crippen LogP contribution is 2.47. The Labute approximate surface area is 149 Å². The molecule has 5 unspecified atom stereocenters. The van der Waals surface area contributed by atoms with Crippen LogP contribution >= 0.6 is 11.6 Å². The molecule has 3 nitrogen and oxygen atoms in total. The molecule has 2 N–H and O–H groups in total.